The number of amides is 2. The molecule has 0 radical (unpaired) electrons. The molecule has 1 spiro atoms. The van der Waals surface area contributed by atoms with E-state index in [-0.39, 0.29) is 11.8 Å². The van der Waals surface area contributed by atoms with Gasteiger partial charge in [0.15, 0.2) is 0 Å². The van der Waals surface area contributed by atoms with Gasteiger partial charge < -0.3 is 4.74 Å². The van der Waals surface area contributed by atoms with Crippen LogP contribution in [0.15, 0.2) is 22.7 Å². The van der Waals surface area contributed by atoms with Crippen molar-refractivity contribution in [2.24, 2.45) is 0 Å². The molecule has 132 valence electrons. The van der Waals surface area contributed by atoms with Gasteiger partial charge in [0.1, 0.15) is 11.1 Å². The largest absolute Gasteiger partial charge is 0.458 e. The van der Waals surface area contributed by atoms with Gasteiger partial charge >= 0.3 is 5.97 Å². The van der Waals surface area contributed by atoms with Crippen LogP contribution in [-0.4, -0.2) is 33.8 Å². The third-order valence-corrected chi connectivity index (χ3v) is 5.72. The summed E-state index contributed by atoms with van der Waals surface area (Å²) in [5.41, 5.74) is -1.12. The van der Waals surface area contributed by atoms with Crippen LogP contribution in [0.4, 0.5) is 0 Å². The molecule has 5 nitrogen and oxygen atoms in total. The van der Waals surface area contributed by atoms with E-state index in [1.807, 2.05) is 6.07 Å². The first-order chi connectivity index (χ1) is 11.6. The van der Waals surface area contributed by atoms with Crippen LogP contribution >= 0.6 is 15.9 Å². The van der Waals surface area contributed by atoms with Crippen LogP contribution in [0.2, 0.25) is 0 Å². The molecule has 0 saturated heterocycles. The lowest BCUT2D eigenvalue weighted by molar-refractivity contribution is -0.165. The number of rotatable bonds is 2. The van der Waals surface area contributed by atoms with E-state index in [0.29, 0.717) is 31.2 Å². The van der Waals surface area contributed by atoms with Crippen LogP contribution in [0.3, 0.4) is 0 Å². The van der Waals surface area contributed by atoms with Crippen molar-refractivity contribution >= 4 is 33.7 Å². The molecule has 0 atom stereocenters. The van der Waals surface area contributed by atoms with Gasteiger partial charge in [-0.1, -0.05) is 15.9 Å². The van der Waals surface area contributed by atoms with Crippen LogP contribution in [-0.2, 0) is 19.7 Å². The summed E-state index contributed by atoms with van der Waals surface area (Å²) in [5, 5.41) is 0. The number of carbonyl (C=O) groups excluding carboxylic acids is 3. The number of nitrogens with zero attached hydrogens (tertiary/aromatic N) is 1. The third-order valence-electron chi connectivity index (χ3n) is 5.22. The molecule has 2 aliphatic carbocycles. The molecule has 1 aliphatic heterocycles. The predicted molar refractivity (Wildman–Crippen MR) is 94.0 cm³/mol. The topological polar surface area (TPSA) is 63.7 Å². The fourth-order valence-corrected chi connectivity index (χ4v) is 4.01. The Morgan fingerprint density at radius 1 is 1.16 bits per heavy atom. The molecule has 2 saturated carbocycles. The van der Waals surface area contributed by atoms with E-state index < -0.39 is 22.5 Å². The summed E-state index contributed by atoms with van der Waals surface area (Å²) in [7, 11) is 0. The maximum atomic E-state index is 13.2. The monoisotopic (exact) mass is 405 g/mol. The summed E-state index contributed by atoms with van der Waals surface area (Å²) in [6.07, 6.45) is 2.37. The van der Waals surface area contributed by atoms with Gasteiger partial charge in [-0.15, -0.1) is 0 Å². The predicted octanol–water partition coefficient (Wildman–Crippen LogP) is 3.34. The summed E-state index contributed by atoms with van der Waals surface area (Å²) in [6, 6.07) is 5.41. The van der Waals surface area contributed by atoms with Crippen molar-refractivity contribution < 1.29 is 19.1 Å². The molecule has 4 rings (SSSR count). The number of ether oxygens (including phenoxy) is 1. The zero-order chi connectivity index (χ0) is 18.2. The van der Waals surface area contributed by atoms with Crippen molar-refractivity contribution in [3.63, 3.8) is 0 Å². The van der Waals surface area contributed by atoms with Crippen LogP contribution in [0.1, 0.15) is 62.4 Å². The minimum Gasteiger partial charge on any atom is -0.458 e. The number of fused-ring (bicyclic) bond motifs is 2. The lowest BCUT2D eigenvalue weighted by Crippen LogP contribution is -2.58. The van der Waals surface area contributed by atoms with Crippen LogP contribution in [0, 0.1) is 0 Å². The third kappa shape index (κ3) is 2.37. The SMILES string of the molecule is CC(C)(C)OC(=O)C1(N2C(=O)c3ccc(Br)cc3C3(CC3)C2=O)CC1. The van der Waals surface area contributed by atoms with Crippen LogP contribution < -0.4 is 0 Å². The molecule has 25 heavy (non-hydrogen) atoms. The molecular weight excluding hydrogens is 386 g/mol. The molecule has 6 heteroatoms. The van der Waals surface area contributed by atoms with E-state index in [4.69, 9.17) is 4.74 Å². The molecule has 0 unspecified atom stereocenters. The summed E-state index contributed by atoms with van der Waals surface area (Å²) < 4.78 is 6.37. The highest BCUT2D eigenvalue weighted by Gasteiger charge is 2.68. The maximum Gasteiger partial charge on any atom is 0.333 e. The standard InChI is InChI=1S/C19H20BrNO4/c1-17(2,3)25-16(24)19(8-9-19)21-14(22)12-5-4-11(20)10-13(12)18(6-7-18)15(21)23/h4-5,10H,6-9H2,1-3H3. The van der Waals surface area contributed by atoms with Crippen molar-refractivity contribution in [3.05, 3.63) is 33.8 Å². The highest BCUT2D eigenvalue weighted by atomic mass is 79.9. The van der Waals surface area contributed by atoms with Gasteiger partial charge in [0, 0.05) is 10.0 Å². The second-order valence-electron chi connectivity index (χ2n) is 8.25. The Labute approximate surface area is 154 Å². The number of imide groups is 1. The van der Waals surface area contributed by atoms with Crippen molar-refractivity contribution in [1.29, 1.82) is 0 Å². The fraction of sp³-hybridized carbons (Fsp3) is 0.526. The van der Waals surface area contributed by atoms with Gasteiger partial charge in [-0.2, -0.15) is 0 Å². The molecule has 2 amide bonds. The first kappa shape index (κ1) is 16.8. The summed E-state index contributed by atoms with van der Waals surface area (Å²) in [5.74, 6) is -1.10. The van der Waals surface area contributed by atoms with Crippen molar-refractivity contribution in [2.75, 3.05) is 0 Å². The number of carbonyl (C=O) groups is 3. The molecule has 1 heterocycles. The van der Waals surface area contributed by atoms with E-state index in [9.17, 15) is 14.4 Å². The summed E-state index contributed by atoms with van der Waals surface area (Å²) >= 11 is 3.42. The zero-order valence-corrected chi connectivity index (χ0v) is 16.1. The van der Waals surface area contributed by atoms with Crippen molar-refractivity contribution in [1.82, 2.24) is 4.90 Å². The van der Waals surface area contributed by atoms with Crippen LogP contribution in [0.25, 0.3) is 0 Å². The molecule has 1 aromatic rings. The Morgan fingerprint density at radius 3 is 2.32 bits per heavy atom. The van der Waals surface area contributed by atoms with Gasteiger partial charge in [-0.25, -0.2) is 4.79 Å². The summed E-state index contributed by atoms with van der Waals surface area (Å²) in [4.78, 5) is 40.3. The molecule has 3 aliphatic rings. The Bertz CT molecular complexity index is 815. The highest BCUT2D eigenvalue weighted by Crippen LogP contribution is 2.57. The lowest BCUT2D eigenvalue weighted by Gasteiger charge is -2.38. The van der Waals surface area contributed by atoms with E-state index in [1.54, 1.807) is 32.9 Å². The number of esters is 1. The second-order valence-corrected chi connectivity index (χ2v) is 9.17. The van der Waals surface area contributed by atoms with E-state index in [2.05, 4.69) is 15.9 Å². The van der Waals surface area contributed by atoms with Crippen molar-refractivity contribution in [2.45, 2.75) is 63.0 Å². The number of hydrogen-bond donors (Lipinski definition) is 0. The minimum atomic E-state index is -1.12. The number of hydrogen-bond acceptors (Lipinski definition) is 4. The van der Waals surface area contributed by atoms with E-state index >= 15 is 0 Å². The van der Waals surface area contributed by atoms with E-state index in [1.165, 1.54) is 4.90 Å². The average molecular weight is 406 g/mol. The first-order valence-electron chi connectivity index (χ1n) is 8.53. The molecule has 0 aromatic heterocycles. The van der Waals surface area contributed by atoms with Gasteiger partial charge in [0.05, 0.1) is 5.41 Å². The van der Waals surface area contributed by atoms with Crippen molar-refractivity contribution in [3.8, 4) is 0 Å². The lowest BCUT2D eigenvalue weighted by atomic mass is 9.84. The quantitative estimate of drug-likeness (QED) is 0.558. The summed E-state index contributed by atoms with van der Waals surface area (Å²) in [6.45, 7) is 5.36. The second kappa shape index (κ2) is 4.93. The van der Waals surface area contributed by atoms with Crippen LogP contribution in [0.5, 0.6) is 0 Å². The van der Waals surface area contributed by atoms with Gasteiger partial charge in [0.25, 0.3) is 5.91 Å². The molecule has 2 fully saturated rings. The Hall–Kier alpha value is -1.69. The molecular formula is C19H20BrNO4. The fourth-order valence-electron chi connectivity index (χ4n) is 3.65. The highest BCUT2D eigenvalue weighted by molar-refractivity contribution is 9.10. The first-order valence-corrected chi connectivity index (χ1v) is 9.33. The molecule has 0 N–H and O–H groups in total. The van der Waals surface area contributed by atoms with Gasteiger partial charge in [-0.3, -0.25) is 14.5 Å². The number of benzene rings is 1. The normalized spacial score (nSPS) is 22.6. The maximum absolute atomic E-state index is 13.2. The average Bonchev–Trinajstić information content (AvgIpc) is 3.39. The van der Waals surface area contributed by atoms with Gasteiger partial charge in [0.2, 0.25) is 5.91 Å². The molecule has 0 bridgehead atoms. The Kier molecular flexibility index (Phi) is 3.31. The number of halogens is 1. The van der Waals surface area contributed by atoms with Gasteiger partial charge in [-0.05, 0) is 70.2 Å². The van der Waals surface area contributed by atoms with E-state index in [0.717, 1.165) is 10.0 Å². The zero-order valence-electron chi connectivity index (χ0n) is 14.5. The smallest absolute Gasteiger partial charge is 0.333 e. The Balaban J connectivity index is 1.77. The molecule has 1 aromatic carbocycles. The minimum absolute atomic E-state index is 0.244. The Morgan fingerprint density at radius 2 is 1.80 bits per heavy atom.